The van der Waals surface area contributed by atoms with Crippen LogP contribution in [-0.4, -0.2) is 47.1 Å². The van der Waals surface area contributed by atoms with E-state index in [1.807, 2.05) is 0 Å². The number of carbonyl (C=O) groups is 1. The maximum Gasteiger partial charge on any atom is 0.416 e. The molecule has 6 nitrogen and oxygen atoms in total. The van der Waals surface area contributed by atoms with Crippen LogP contribution in [0.25, 0.3) is 0 Å². The molecule has 0 spiro atoms. The second-order valence-corrected chi connectivity index (χ2v) is 6.47. The van der Waals surface area contributed by atoms with Gasteiger partial charge in [-0.1, -0.05) is 0 Å². The molecule has 1 saturated heterocycles. The quantitative estimate of drug-likeness (QED) is 0.684. The van der Waals surface area contributed by atoms with Gasteiger partial charge >= 0.3 is 12.4 Å². The van der Waals surface area contributed by atoms with E-state index in [4.69, 9.17) is 9.47 Å². The molecule has 1 aromatic carbocycles. The number of aromatic nitrogens is 2. The van der Waals surface area contributed by atoms with Crippen LogP contribution in [0, 0.1) is 0 Å². The van der Waals surface area contributed by atoms with Crippen molar-refractivity contribution in [3.8, 4) is 11.8 Å². The smallest absolute Gasteiger partial charge is 0.416 e. The highest BCUT2D eigenvalue weighted by atomic mass is 19.4. The summed E-state index contributed by atoms with van der Waals surface area (Å²) in [4.78, 5) is 21.6. The molecule has 0 radical (unpaired) electrons. The number of methoxy groups -OCH3 is 1. The van der Waals surface area contributed by atoms with Crippen molar-refractivity contribution in [2.75, 3.05) is 20.2 Å². The van der Waals surface area contributed by atoms with E-state index in [0.29, 0.717) is 18.6 Å². The van der Waals surface area contributed by atoms with Crippen molar-refractivity contribution in [1.82, 2.24) is 14.9 Å². The third-order valence-electron chi connectivity index (χ3n) is 4.35. The lowest BCUT2D eigenvalue weighted by Gasteiger charge is -2.19. The fraction of sp³-hybridized carbons (Fsp3) is 0.389. The predicted octanol–water partition coefficient (Wildman–Crippen LogP) is 3.82. The van der Waals surface area contributed by atoms with Gasteiger partial charge in [0, 0.05) is 18.5 Å². The summed E-state index contributed by atoms with van der Waals surface area (Å²) >= 11 is 0. The Morgan fingerprint density at radius 1 is 1.03 bits per heavy atom. The predicted molar refractivity (Wildman–Crippen MR) is 90.0 cm³/mol. The largest absolute Gasteiger partial charge is 0.480 e. The van der Waals surface area contributed by atoms with Gasteiger partial charge in [-0.05, 0) is 18.2 Å². The van der Waals surface area contributed by atoms with Crippen LogP contribution in [0.1, 0.15) is 27.9 Å². The third kappa shape index (κ3) is 4.92. The first-order valence-corrected chi connectivity index (χ1v) is 8.59. The van der Waals surface area contributed by atoms with Crippen LogP contribution in [0.15, 0.2) is 30.6 Å². The zero-order chi connectivity index (χ0) is 22.1. The van der Waals surface area contributed by atoms with Gasteiger partial charge in [0.25, 0.3) is 5.91 Å². The molecule has 0 aliphatic carbocycles. The molecule has 0 bridgehead atoms. The van der Waals surface area contributed by atoms with Crippen LogP contribution in [0.3, 0.4) is 0 Å². The molecule has 3 rings (SSSR count). The second-order valence-electron chi connectivity index (χ2n) is 6.47. The fourth-order valence-corrected chi connectivity index (χ4v) is 2.93. The van der Waals surface area contributed by atoms with Gasteiger partial charge in [0.15, 0.2) is 0 Å². The number of alkyl halides is 6. The number of amides is 1. The van der Waals surface area contributed by atoms with Crippen LogP contribution in [0.4, 0.5) is 26.3 Å². The van der Waals surface area contributed by atoms with E-state index in [1.165, 1.54) is 19.5 Å². The van der Waals surface area contributed by atoms with Crippen molar-refractivity contribution in [3.63, 3.8) is 0 Å². The molecule has 30 heavy (non-hydrogen) atoms. The van der Waals surface area contributed by atoms with Crippen LogP contribution in [0.2, 0.25) is 0 Å². The topological polar surface area (TPSA) is 64.6 Å². The average Bonchev–Trinajstić information content (AvgIpc) is 3.14. The maximum absolute atomic E-state index is 13.0. The summed E-state index contributed by atoms with van der Waals surface area (Å²) in [7, 11) is 1.38. The summed E-state index contributed by atoms with van der Waals surface area (Å²) in [6.07, 6.45) is -7.63. The minimum atomic E-state index is -5.03. The molecule has 162 valence electrons. The van der Waals surface area contributed by atoms with E-state index in [9.17, 15) is 31.1 Å². The van der Waals surface area contributed by atoms with Gasteiger partial charge in [0.1, 0.15) is 6.10 Å². The minimum Gasteiger partial charge on any atom is -0.480 e. The van der Waals surface area contributed by atoms with Gasteiger partial charge in [-0.15, -0.1) is 0 Å². The number of rotatable bonds is 4. The Morgan fingerprint density at radius 2 is 1.63 bits per heavy atom. The van der Waals surface area contributed by atoms with E-state index in [1.54, 1.807) is 0 Å². The van der Waals surface area contributed by atoms with Gasteiger partial charge in [0.2, 0.25) is 11.8 Å². The second kappa shape index (κ2) is 8.00. The number of nitrogens with zero attached hydrogens (tertiary/aromatic N) is 3. The third-order valence-corrected chi connectivity index (χ3v) is 4.35. The molecule has 12 heteroatoms. The van der Waals surface area contributed by atoms with Crippen molar-refractivity contribution in [2.24, 2.45) is 0 Å². The fourth-order valence-electron chi connectivity index (χ4n) is 2.93. The molecule has 1 aliphatic rings. The Hall–Kier alpha value is -3.05. The SMILES string of the molecule is COc1cncc(OC2CCN(C(=O)c3cc(C(F)(F)F)cc(C(F)(F)F)c3)C2)n1. The first-order valence-electron chi connectivity index (χ1n) is 8.59. The summed E-state index contributed by atoms with van der Waals surface area (Å²) in [6, 6.07) is 0.812. The minimum absolute atomic E-state index is 0.0197. The van der Waals surface area contributed by atoms with Crippen molar-refractivity contribution >= 4 is 5.91 Å². The zero-order valence-electron chi connectivity index (χ0n) is 15.4. The summed E-state index contributed by atoms with van der Waals surface area (Å²) in [6.45, 7) is 0.0633. The van der Waals surface area contributed by atoms with Crippen molar-refractivity contribution < 1.29 is 40.6 Å². The van der Waals surface area contributed by atoms with E-state index >= 15 is 0 Å². The van der Waals surface area contributed by atoms with Crippen molar-refractivity contribution in [3.05, 3.63) is 47.3 Å². The Balaban J connectivity index is 1.78. The lowest BCUT2D eigenvalue weighted by molar-refractivity contribution is -0.143. The highest BCUT2D eigenvalue weighted by Gasteiger charge is 2.38. The van der Waals surface area contributed by atoms with Crippen molar-refractivity contribution in [2.45, 2.75) is 24.9 Å². The molecule has 1 aliphatic heterocycles. The Labute approximate surface area is 166 Å². The number of ether oxygens (including phenoxy) is 2. The number of hydrogen-bond donors (Lipinski definition) is 0. The Kier molecular flexibility index (Phi) is 5.77. The number of hydrogen-bond acceptors (Lipinski definition) is 5. The van der Waals surface area contributed by atoms with Gasteiger partial charge in [-0.25, -0.2) is 0 Å². The number of benzene rings is 1. The van der Waals surface area contributed by atoms with Crippen molar-refractivity contribution in [1.29, 1.82) is 0 Å². The molecule has 0 N–H and O–H groups in total. The summed E-state index contributed by atoms with van der Waals surface area (Å²) in [5.74, 6) is -0.636. The normalized spacial score (nSPS) is 17.2. The molecule has 0 saturated carbocycles. The first kappa shape index (κ1) is 21.7. The van der Waals surface area contributed by atoms with E-state index < -0.39 is 41.1 Å². The van der Waals surface area contributed by atoms with Crippen LogP contribution < -0.4 is 9.47 Å². The molecular weight excluding hydrogens is 420 g/mol. The first-order chi connectivity index (χ1) is 14.0. The van der Waals surface area contributed by atoms with Crippen LogP contribution >= 0.6 is 0 Å². The lowest BCUT2D eigenvalue weighted by Crippen LogP contribution is -2.31. The number of halogens is 6. The highest BCUT2D eigenvalue weighted by molar-refractivity contribution is 5.95. The van der Waals surface area contributed by atoms with Crippen LogP contribution in [0.5, 0.6) is 11.8 Å². The van der Waals surface area contributed by atoms with Crippen LogP contribution in [-0.2, 0) is 12.4 Å². The summed E-state index contributed by atoms with van der Waals surface area (Å²) in [5, 5.41) is 0. The van der Waals surface area contributed by atoms with E-state index in [0.717, 1.165) is 4.90 Å². The average molecular weight is 435 g/mol. The Bertz CT molecular complexity index is 900. The molecule has 2 heterocycles. The molecule has 1 unspecified atom stereocenters. The molecule has 1 aromatic heterocycles. The van der Waals surface area contributed by atoms with Gasteiger partial charge in [-0.3, -0.25) is 9.78 Å². The lowest BCUT2D eigenvalue weighted by atomic mass is 10.0. The molecule has 2 aromatic rings. The van der Waals surface area contributed by atoms with Gasteiger partial charge < -0.3 is 14.4 Å². The maximum atomic E-state index is 13.0. The number of carbonyl (C=O) groups excluding carboxylic acids is 1. The van der Waals surface area contributed by atoms with E-state index in [-0.39, 0.29) is 30.9 Å². The summed E-state index contributed by atoms with van der Waals surface area (Å²) < 4.78 is 88.5. The highest BCUT2D eigenvalue weighted by Crippen LogP contribution is 2.36. The molecule has 1 atom stereocenters. The molecular formula is C18H15F6N3O3. The molecule has 1 amide bonds. The monoisotopic (exact) mass is 435 g/mol. The summed E-state index contributed by atoms with van der Waals surface area (Å²) in [5.41, 5.74) is -3.78. The van der Waals surface area contributed by atoms with E-state index in [2.05, 4.69) is 9.97 Å². The van der Waals surface area contributed by atoms with Gasteiger partial charge in [-0.2, -0.15) is 31.3 Å². The molecule has 1 fully saturated rings. The zero-order valence-corrected chi connectivity index (χ0v) is 15.4. The van der Waals surface area contributed by atoms with Gasteiger partial charge in [0.05, 0.1) is 37.2 Å². The Morgan fingerprint density at radius 3 is 2.20 bits per heavy atom. The number of likely N-dealkylation sites (tertiary alicyclic amines) is 1. The standard InChI is InChI=1S/C18H15F6N3O3/c1-29-14-7-25-8-15(26-14)30-13-2-3-27(9-13)16(28)10-4-11(17(19,20)21)6-12(5-10)18(22,23)24/h4-8,13H,2-3,9H2,1H3.